The number of aliphatic hydroxyl groups excluding tert-OH is 1. The van der Waals surface area contributed by atoms with Crippen LogP contribution in [0.5, 0.6) is 0 Å². The van der Waals surface area contributed by atoms with Gasteiger partial charge in [0.1, 0.15) is 0 Å². The highest BCUT2D eigenvalue weighted by molar-refractivity contribution is 5.73. The Morgan fingerprint density at radius 3 is 2.65 bits per heavy atom. The van der Waals surface area contributed by atoms with Crippen molar-refractivity contribution in [1.82, 2.24) is 10.2 Å². The second-order valence-electron chi connectivity index (χ2n) is 6.16. The molecule has 0 radical (unpaired) electrons. The lowest BCUT2D eigenvalue weighted by molar-refractivity contribution is -0.131. The molecule has 3 atom stereocenters. The van der Waals surface area contributed by atoms with E-state index >= 15 is 0 Å². The van der Waals surface area contributed by atoms with E-state index in [2.05, 4.69) is 5.32 Å². The molecule has 2 fully saturated rings. The van der Waals surface area contributed by atoms with Crippen LogP contribution >= 0.6 is 0 Å². The highest BCUT2D eigenvalue weighted by Gasteiger charge is 2.35. The minimum Gasteiger partial charge on any atom is -0.393 e. The monoisotopic (exact) mass is 290 g/mol. The molecule has 1 heterocycles. The molecule has 1 aliphatic carbocycles. The van der Waals surface area contributed by atoms with Gasteiger partial charge in [-0.1, -0.05) is 0 Å². The Kier molecular flexibility index (Phi) is 5.32. The molecule has 0 aromatic heterocycles. The van der Waals surface area contributed by atoms with Gasteiger partial charge in [-0.2, -0.15) is 0 Å². The Balaban J connectivity index is 1.87. The fourth-order valence-electron chi connectivity index (χ4n) is 3.05. The normalized spacial score (nSPS) is 28.8. The number of aliphatic hydroxyl groups is 1. The van der Waals surface area contributed by atoms with Crippen LogP contribution in [-0.4, -0.2) is 54.1 Å². The Hall–Kier alpha value is -0.750. The number of piperidine rings is 1. The molecule has 6 heteroatoms. The summed E-state index contributed by atoms with van der Waals surface area (Å²) >= 11 is 0. The number of likely N-dealkylation sites (tertiary alicyclic amines) is 1. The summed E-state index contributed by atoms with van der Waals surface area (Å²) in [5.74, 6) is 0.577. The lowest BCUT2D eigenvalue weighted by Crippen LogP contribution is -2.52. The number of carbonyl (C=O) groups is 1. The van der Waals surface area contributed by atoms with Crippen molar-refractivity contribution in [3.05, 3.63) is 0 Å². The molecule has 2 aliphatic rings. The van der Waals surface area contributed by atoms with Crippen LogP contribution < -0.4 is 5.32 Å². The molecule has 116 valence electrons. The van der Waals surface area contributed by atoms with Gasteiger partial charge >= 0.3 is 0 Å². The van der Waals surface area contributed by atoms with E-state index in [1.807, 2.05) is 0 Å². The van der Waals surface area contributed by atoms with Crippen LogP contribution in [0.2, 0.25) is 0 Å². The number of hydrogen-bond donors (Lipinski definition) is 2. The molecule has 0 aromatic rings. The maximum absolute atomic E-state index is 12.3. The summed E-state index contributed by atoms with van der Waals surface area (Å²) in [5, 5.41) is 12.9. The Morgan fingerprint density at radius 1 is 1.40 bits per heavy atom. The average Bonchev–Trinajstić information content (AvgIpc) is 3.20. The van der Waals surface area contributed by atoms with Gasteiger partial charge < -0.3 is 15.3 Å². The van der Waals surface area contributed by atoms with Crippen LogP contribution in [0, 0.1) is 11.8 Å². The number of amides is 1. The first-order valence-corrected chi connectivity index (χ1v) is 7.40. The molecule has 1 saturated heterocycles. The smallest absolute Gasteiger partial charge is 0.250 e. The van der Waals surface area contributed by atoms with Crippen molar-refractivity contribution >= 4 is 5.91 Å². The molecular weight excluding hydrogens is 266 g/mol. The van der Waals surface area contributed by atoms with Crippen molar-refractivity contribution in [1.29, 1.82) is 0 Å². The fourth-order valence-corrected chi connectivity index (χ4v) is 3.05. The molecule has 0 spiro atoms. The summed E-state index contributed by atoms with van der Waals surface area (Å²) in [7, 11) is 0. The molecule has 0 aromatic carbocycles. The van der Waals surface area contributed by atoms with E-state index in [1.165, 1.54) is 6.92 Å². The van der Waals surface area contributed by atoms with E-state index in [0.717, 1.165) is 19.3 Å². The van der Waals surface area contributed by atoms with Crippen molar-refractivity contribution in [3.63, 3.8) is 0 Å². The van der Waals surface area contributed by atoms with Crippen molar-refractivity contribution in [3.8, 4) is 0 Å². The number of hydrogen-bond acceptors (Lipinski definition) is 3. The van der Waals surface area contributed by atoms with Crippen molar-refractivity contribution in [2.75, 3.05) is 19.6 Å². The zero-order valence-electron chi connectivity index (χ0n) is 11.9. The van der Waals surface area contributed by atoms with Crippen molar-refractivity contribution in [2.24, 2.45) is 11.8 Å². The molecule has 1 amide bonds. The number of rotatable bonds is 6. The SMILES string of the molecule is CC(=O)N1CC(CC(O)C2CC2)CC(NCC(F)F)C1. The molecular formula is C14H24F2N2O2. The summed E-state index contributed by atoms with van der Waals surface area (Å²) < 4.78 is 24.6. The quantitative estimate of drug-likeness (QED) is 0.774. The van der Waals surface area contributed by atoms with Crippen LogP contribution in [0.1, 0.15) is 32.6 Å². The van der Waals surface area contributed by atoms with E-state index in [1.54, 1.807) is 4.90 Å². The van der Waals surface area contributed by atoms with E-state index in [-0.39, 0.29) is 30.5 Å². The lowest BCUT2D eigenvalue weighted by atomic mass is 9.88. The predicted molar refractivity (Wildman–Crippen MR) is 71.5 cm³/mol. The van der Waals surface area contributed by atoms with Gasteiger partial charge in [-0.25, -0.2) is 8.78 Å². The number of carbonyl (C=O) groups excluding carboxylic acids is 1. The second kappa shape index (κ2) is 6.80. The van der Waals surface area contributed by atoms with Crippen LogP contribution in [0.4, 0.5) is 8.78 Å². The molecule has 0 bridgehead atoms. The average molecular weight is 290 g/mol. The first-order chi connectivity index (χ1) is 9.45. The Morgan fingerprint density at radius 2 is 2.10 bits per heavy atom. The molecule has 1 saturated carbocycles. The van der Waals surface area contributed by atoms with Gasteiger partial charge in [0.05, 0.1) is 12.6 Å². The van der Waals surface area contributed by atoms with Crippen LogP contribution in [0.15, 0.2) is 0 Å². The van der Waals surface area contributed by atoms with Crippen molar-refractivity contribution in [2.45, 2.75) is 51.2 Å². The fraction of sp³-hybridized carbons (Fsp3) is 0.929. The third-order valence-electron chi connectivity index (χ3n) is 4.28. The van der Waals surface area contributed by atoms with E-state index in [0.29, 0.717) is 25.4 Å². The predicted octanol–water partition coefficient (Wildman–Crippen LogP) is 1.24. The second-order valence-corrected chi connectivity index (χ2v) is 6.16. The van der Waals surface area contributed by atoms with Gasteiger partial charge in [0, 0.05) is 26.1 Å². The molecule has 2 rings (SSSR count). The maximum atomic E-state index is 12.3. The summed E-state index contributed by atoms with van der Waals surface area (Å²) in [6.45, 7) is 2.28. The first kappa shape index (κ1) is 15.6. The van der Waals surface area contributed by atoms with Gasteiger partial charge in [-0.3, -0.25) is 4.79 Å². The molecule has 20 heavy (non-hydrogen) atoms. The summed E-state index contributed by atoms with van der Waals surface area (Å²) in [6.07, 6.45) is 0.900. The largest absolute Gasteiger partial charge is 0.393 e. The van der Waals surface area contributed by atoms with E-state index in [9.17, 15) is 18.7 Å². The standard InChI is InChI=1S/C14H24F2N2O2/c1-9(19)18-7-10(5-13(20)11-2-3-11)4-12(8-18)17-6-14(15)16/h10-14,17,20H,2-8H2,1H3. The molecule has 3 unspecified atom stereocenters. The van der Waals surface area contributed by atoms with Gasteiger partial charge in [0.2, 0.25) is 5.91 Å². The zero-order valence-corrected chi connectivity index (χ0v) is 11.9. The highest BCUT2D eigenvalue weighted by atomic mass is 19.3. The number of halogens is 2. The number of alkyl halides is 2. The third-order valence-corrected chi connectivity index (χ3v) is 4.28. The topological polar surface area (TPSA) is 52.6 Å². The Bertz CT molecular complexity index is 337. The molecule has 1 aliphatic heterocycles. The van der Waals surface area contributed by atoms with Gasteiger partial charge in [0.15, 0.2) is 0 Å². The van der Waals surface area contributed by atoms with Crippen molar-refractivity contribution < 1.29 is 18.7 Å². The van der Waals surface area contributed by atoms with Gasteiger partial charge in [-0.15, -0.1) is 0 Å². The minimum atomic E-state index is -2.38. The maximum Gasteiger partial charge on any atom is 0.250 e. The molecule has 2 N–H and O–H groups in total. The van der Waals surface area contributed by atoms with Gasteiger partial charge in [-0.05, 0) is 37.5 Å². The molecule has 4 nitrogen and oxygen atoms in total. The van der Waals surface area contributed by atoms with E-state index < -0.39 is 6.43 Å². The summed E-state index contributed by atoms with van der Waals surface area (Å²) in [6, 6.07) is -0.0990. The lowest BCUT2D eigenvalue weighted by Gasteiger charge is -2.38. The minimum absolute atomic E-state index is 0.0283. The number of nitrogens with zero attached hydrogens (tertiary/aromatic N) is 1. The summed E-state index contributed by atoms with van der Waals surface area (Å²) in [4.78, 5) is 13.3. The highest BCUT2D eigenvalue weighted by Crippen LogP contribution is 2.36. The first-order valence-electron chi connectivity index (χ1n) is 7.40. The zero-order chi connectivity index (χ0) is 14.7. The van der Waals surface area contributed by atoms with Crippen LogP contribution in [-0.2, 0) is 4.79 Å². The summed E-state index contributed by atoms with van der Waals surface area (Å²) in [5.41, 5.74) is 0. The Labute approximate surface area is 118 Å². The third kappa shape index (κ3) is 4.66. The van der Waals surface area contributed by atoms with Crippen LogP contribution in [0.3, 0.4) is 0 Å². The van der Waals surface area contributed by atoms with Crippen LogP contribution in [0.25, 0.3) is 0 Å². The van der Waals surface area contributed by atoms with E-state index in [4.69, 9.17) is 0 Å². The van der Waals surface area contributed by atoms with Gasteiger partial charge in [0.25, 0.3) is 6.43 Å². The number of nitrogens with one attached hydrogen (secondary N) is 1.